The van der Waals surface area contributed by atoms with E-state index >= 15 is 0 Å². The Balaban J connectivity index is 2.09. The maximum Gasteiger partial charge on any atom is 0.306 e. The number of hydrogen-bond acceptors (Lipinski definition) is 3. The van der Waals surface area contributed by atoms with Crippen molar-refractivity contribution < 1.29 is 9.53 Å². The number of ether oxygens (including phenoxy) is 1. The molecule has 1 fully saturated rings. The minimum Gasteiger partial charge on any atom is -0.465 e. The molecule has 0 saturated carbocycles. The molecule has 4 heteroatoms. The van der Waals surface area contributed by atoms with Gasteiger partial charge in [-0.15, -0.1) is 11.3 Å². The van der Waals surface area contributed by atoms with Crippen molar-refractivity contribution in [1.82, 2.24) is 0 Å². The fourth-order valence-corrected chi connectivity index (χ4v) is 4.12. The van der Waals surface area contributed by atoms with Gasteiger partial charge in [0.05, 0.1) is 10.8 Å². The molecule has 15 heavy (non-hydrogen) atoms. The van der Waals surface area contributed by atoms with Gasteiger partial charge in [0.25, 0.3) is 0 Å². The van der Waals surface area contributed by atoms with E-state index in [-0.39, 0.29) is 11.4 Å². The fraction of sp³-hybridized carbons (Fsp3) is 0.545. The highest BCUT2D eigenvalue weighted by Crippen LogP contribution is 2.47. The topological polar surface area (TPSA) is 26.3 Å². The van der Waals surface area contributed by atoms with E-state index in [1.807, 2.05) is 6.07 Å². The first kappa shape index (κ1) is 9.67. The Kier molecular flexibility index (Phi) is 2.08. The van der Waals surface area contributed by atoms with Crippen LogP contribution >= 0.6 is 22.9 Å². The lowest BCUT2D eigenvalue weighted by Crippen LogP contribution is -2.30. The quantitative estimate of drug-likeness (QED) is 0.654. The number of carbonyl (C=O) groups is 1. The van der Waals surface area contributed by atoms with Gasteiger partial charge in [-0.05, 0) is 30.9 Å². The Morgan fingerprint density at radius 2 is 2.40 bits per heavy atom. The summed E-state index contributed by atoms with van der Waals surface area (Å²) in [4.78, 5) is 12.6. The fourth-order valence-electron chi connectivity index (χ4n) is 2.68. The van der Waals surface area contributed by atoms with Crippen LogP contribution in [0.1, 0.15) is 29.7 Å². The molecule has 0 bridgehead atoms. The third kappa shape index (κ3) is 1.41. The summed E-state index contributed by atoms with van der Waals surface area (Å²) in [5, 5.41) is 0. The van der Waals surface area contributed by atoms with Crippen molar-refractivity contribution in [2.75, 3.05) is 6.61 Å². The van der Waals surface area contributed by atoms with Gasteiger partial charge in [-0.25, -0.2) is 0 Å². The molecule has 1 aromatic heterocycles. The first-order chi connectivity index (χ1) is 7.20. The summed E-state index contributed by atoms with van der Waals surface area (Å²) < 4.78 is 5.97. The summed E-state index contributed by atoms with van der Waals surface area (Å²) in [7, 11) is 0. The molecular weight excluding hydrogens is 232 g/mol. The van der Waals surface area contributed by atoms with Crippen molar-refractivity contribution in [3.8, 4) is 0 Å². The molecule has 0 aromatic carbocycles. The van der Waals surface area contributed by atoms with Gasteiger partial charge in [-0.2, -0.15) is 0 Å². The van der Waals surface area contributed by atoms with Crippen molar-refractivity contribution in [1.29, 1.82) is 0 Å². The smallest absolute Gasteiger partial charge is 0.306 e. The molecule has 2 aliphatic rings. The zero-order valence-corrected chi connectivity index (χ0v) is 9.79. The number of hydrogen-bond donors (Lipinski definition) is 0. The van der Waals surface area contributed by atoms with Crippen LogP contribution in [0.3, 0.4) is 0 Å². The first-order valence-corrected chi connectivity index (χ1v) is 6.33. The summed E-state index contributed by atoms with van der Waals surface area (Å²) >= 11 is 7.69. The van der Waals surface area contributed by atoms with Crippen LogP contribution in [0.25, 0.3) is 0 Å². The minimum absolute atomic E-state index is 0.0473. The molecule has 1 unspecified atom stereocenters. The number of fused-ring (bicyclic) bond motifs is 2. The Hall–Kier alpha value is -0.540. The lowest BCUT2D eigenvalue weighted by Gasteiger charge is -2.30. The van der Waals surface area contributed by atoms with E-state index < -0.39 is 0 Å². The highest BCUT2D eigenvalue weighted by molar-refractivity contribution is 7.16. The normalized spacial score (nSPS) is 29.3. The third-order valence-electron chi connectivity index (χ3n) is 3.40. The van der Waals surface area contributed by atoms with E-state index in [2.05, 4.69) is 0 Å². The van der Waals surface area contributed by atoms with Crippen molar-refractivity contribution >= 4 is 28.9 Å². The van der Waals surface area contributed by atoms with Crippen molar-refractivity contribution in [3.05, 3.63) is 20.8 Å². The van der Waals surface area contributed by atoms with Crippen LogP contribution in [-0.2, 0) is 21.4 Å². The van der Waals surface area contributed by atoms with E-state index in [1.165, 1.54) is 10.4 Å². The van der Waals surface area contributed by atoms with Gasteiger partial charge >= 0.3 is 5.97 Å². The molecule has 1 aromatic rings. The maximum atomic E-state index is 11.3. The molecule has 3 rings (SSSR count). The zero-order valence-electron chi connectivity index (χ0n) is 8.22. The van der Waals surface area contributed by atoms with E-state index in [9.17, 15) is 4.79 Å². The molecule has 0 N–H and O–H groups in total. The van der Waals surface area contributed by atoms with E-state index in [4.69, 9.17) is 16.3 Å². The number of halogens is 1. The van der Waals surface area contributed by atoms with Crippen molar-refractivity contribution in [2.45, 2.75) is 31.1 Å². The van der Waals surface area contributed by atoms with Crippen LogP contribution < -0.4 is 0 Å². The van der Waals surface area contributed by atoms with Gasteiger partial charge in [-0.3, -0.25) is 4.79 Å². The van der Waals surface area contributed by atoms with Gasteiger partial charge in [0, 0.05) is 10.3 Å². The van der Waals surface area contributed by atoms with Crippen LogP contribution in [-0.4, -0.2) is 12.6 Å². The molecule has 1 spiro atoms. The number of thiophene rings is 1. The molecule has 0 radical (unpaired) electrons. The number of carbonyl (C=O) groups excluding carboxylic acids is 1. The van der Waals surface area contributed by atoms with Gasteiger partial charge in [-0.1, -0.05) is 11.6 Å². The lowest BCUT2D eigenvalue weighted by atomic mass is 9.72. The minimum atomic E-state index is -0.0647. The van der Waals surface area contributed by atoms with Crippen molar-refractivity contribution in [3.63, 3.8) is 0 Å². The van der Waals surface area contributed by atoms with E-state index in [1.54, 1.807) is 11.3 Å². The van der Waals surface area contributed by atoms with Crippen LogP contribution in [0.4, 0.5) is 0 Å². The molecule has 1 aliphatic carbocycles. The van der Waals surface area contributed by atoms with Crippen LogP contribution in [0, 0.1) is 0 Å². The Morgan fingerprint density at radius 1 is 1.53 bits per heavy atom. The van der Waals surface area contributed by atoms with Gasteiger partial charge in [0.2, 0.25) is 0 Å². The summed E-state index contributed by atoms with van der Waals surface area (Å²) in [5.41, 5.74) is 1.23. The average Bonchev–Trinajstić information content (AvgIpc) is 2.72. The molecule has 1 atom stereocenters. The van der Waals surface area contributed by atoms with Crippen LogP contribution in [0.15, 0.2) is 6.07 Å². The summed E-state index contributed by atoms with van der Waals surface area (Å²) in [6, 6.07) is 2.03. The lowest BCUT2D eigenvalue weighted by molar-refractivity contribution is -0.137. The van der Waals surface area contributed by atoms with Gasteiger partial charge < -0.3 is 4.74 Å². The second-order valence-electron chi connectivity index (χ2n) is 4.36. The maximum absolute atomic E-state index is 11.3. The summed E-state index contributed by atoms with van der Waals surface area (Å²) in [5.74, 6) is -0.0647. The SMILES string of the molecule is O=C1CC2(CCCc3sc(Cl)cc32)CO1. The summed E-state index contributed by atoms with van der Waals surface area (Å²) in [6.07, 6.45) is 3.83. The molecule has 80 valence electrons. The molecular formula is C11H11ClO2S. The third-order valence-corrected chi connectivity index (χ3v) is 4.73. The number of rotatable bonds is 0. The van der Waals surface area contributed by atoms with Gasteiger partial charge in [0.1, 0.15) is 6.61 Å². The second-order valence-corrected chi connectivity index (χ2v) is 6.13. The van der Waals surface area contributed by atoms with E-state index in [0.717, 1.165) is 23.6 Å². The largest absolute Gasteiger partial charge is 0.465 e. The molecule has 2 heterocycles. The Morgan fingerprint density at radius 3 is 3.13 bits per heavy atom. The standard InChI is InChI=1S/C11H11ClO2S/c12-9-4-7-8(15-9)2-1-3-11(7)5-10(13)14-6-11/h4H,1-3,5-6H2. The second kappa shape index (κ2) is 3.22. The van der Waals surface area contributed by atoms with Gasteiger partial charge in [0.15, 0.2) is 0 Å². The number of cyclic esters (lactones) is 1. The van der Waals surface area contributed by atoms with Crippen molar-refractivity contribution in [2.24, 2.45) is 0 Å². The highest BCUT2D eigenvalue weighted by atomic mass is 35.5. The predicted molar refractivity (Wildman–Crippen MR) is 59.5 cm³/mol. The average molecular weight is 243 g/mol. The number of esters is 1. The molecule has 1 aliphatic heterocycles. The summed E-state index contributed by atoms with van der Waals surface area (Å²) in [6.45, 7) is 0.548. The highest BCUT2D eigenvalue weighted by Gasteiger charge is 2.45. The Bertz CT molecular complexity index is 426. The molecule has 0 amide bonds. The Labute approximate surface area is 97.2 Å². The van der Waals surface area contributed by atoms with Crippen LogP contribution in [0.2, 0.25) is 4.34 Å². The molecule has 2 nitrogen and oxygen atoms in total. The predicted octanol–water partition coefficient (Wildman–Crippen LogP) is 2.92. The van der Waals surface area contributed by atoms with Crippen LogP contribution in [0.5, 0.6) is 0 Å². The monoisotopic (exact) mass is 242 g/mol. The zero-order chi connectivity index (χ0) is 10.5. The first-order valence-electron chi connectivity index (χ1n) is 5.14. The van der Waals surface area contributed by atoms with E-state index in [0.29, 0.717) is 13.0 Å². The number of aryl methyl sites for hydroxylation is 1. The molecule has 1 saturated heterocycles.